The van der Waals surface area contributed by atoms with Crippen LogP contribution in [0, 0.1) is 5.92 Å². The SMILES string of the molecule is CNC1=CC=CCC1/C=C(/C)CC1=CC(C2=CCCC=C2)=CCC1. The summed E-state index contributed by atoms with van der Waals surface area (Å²) in [6.07, 6.45) is 27.8. The van der Waals surface area contributed by atoms with Gasteiger partial charge in [0, 0.05) is 18.7 Å². The molecule has 1 nitrogen and oxygen atoms in total. The first-order chi connectivity index (χ1) is 11.8. The summed E-state index contributed by atoms with van der Waals surface area (Å²) in [5, 5.41) is 3.34. The van der Waals surface area contributed by atoms with Crippen LogP contribution in [0.2, 0.25) is 0 Å². The third-order valence-corrected chi connectivity index (χ3v) is 5.00. The summed E-state index contributed by atoms with van der Waals surface area (Å²) in [7, 11) is 2.02. The molecule has 1 unspecified atom stereocenters. The lowest BCUT2D eigenvalue weighted by Gasteiger charge is -2.20. The molecule has 3 aliphatic rings. The Kier molecular flexibility index (Phi) is 5.74. The van der Waals surface area contributed by atoms with E-state index in [1.54, 1.807) is 5.57 Å². The number of hydrogen-bond donors (Lipinski definition) is 1. The highest BCUT2D eigenvalue weighted by atomic mass is 14.8. The predicted octanol–water partition coefficient (Wildman–Crippen LogP) is 5.93. The second-order valence-corrected chi connectivity index (χ2v) is 6.97. The van der Waals surface area contributed by atoms with Gasteiger partial charge in [0.25, 0.3) is 0 Å². The molecule has 0 aromatic heterocycles. The number of allylic oxidation sites excluding steroid dienone is 13. The summed E-state index contributed by atoms with van der Waals surface area (Å²) in [4.78, 5) is 0. The molecule has 1 heteroatoms. The summed E-state index contributed by atoms with van der Waals surface area (Å²) < 4.78 is 0. The number of hydrogen-bond acceptors (Lipinski definition) is 1. The Bertz CT molecular complexity index is 677. The fraction of sp³-hybridized carbons (Fsp3) is 0.391. The number of rotatable bonds is 5. The van der Waals surface area contributed by atoms with Crippen molar-refractivity contribution in [2.75, 3.05) is 7.05 Å². The average molecular weight is 319 g/mol. The van der Waals surface area contributed by atoms with Gasteiger partial charge in [-0.3, -0.25) is 0 Å². The zero-order valence-corrected chi connectivity index (χ0v) is 15.0. The highest BCUT2D eigenvalue weighted by Crippen LogP contribution is 2.30. The molecule has 0 fully saturated rings. The van der Waals surface area contributed by atoms with Crippen molar-refractivity contribution < 1.29 is 0 Å². The van der Waals surface area contributed by atoms with Gasteiger partial charge in [-0.15, -0.1) is 0 Å². The Hall–Kier alpha value is -2.02. The second kappa shape index (κ2) is 8.19. The zero-order valence-electron chi connectivity index (χ0n) is 15.0. The first kappa shape index (κ1) is 16.8. The van der Waals surface area contributed by atoms with Crippen LogP contribution in [0.15, 0.2) is 82.7 Å². The Balaban J connectivity index is 1.68. The summed E-state index contributed by atoms with van der Waals surface area (Å²) in [6, 6.07) is 0. The van der Waals surface area contributed by atoms with Gasteiger partial charge in [0.15, 0.2) is 0 Å². The first-order valence-electron chi connectivity index (χ1n) is 9.24. The standard InChI is InChI=1S/C23H29N/c1-18(16-22-12-6-7-14-23(22)24-2)15-19-9-8-13-21(17-19)20-10-4-3-5-11-20/h4,6-7,10-11,13-14,16-17,22,24H,3,5,8-9,12,15H2,1-2H3/b18-16-. The lowest BCUT2D eigenvalue weighted by atomic mass is 9.88. The van der Waals surface area contributed by atoms with Crippen LogP contribution in [0.4, 0.5) is 0 Å². The maximum absolute atomic E-state index is 3.34. The second-order valence-electron chi connectivity index (χ2n) is 6.97. The molecule has 1 N–H and O–H groups in total. The fourth-order valence-electron chi connectivity index (χ4n) is 3.77. The van der Waals surface area contributed by atoms with E-state index in [0.717, 1.165) is 12.8 Å². The van der Waals surface area contributed by atoms with Gasteiger partial charge in [0.1, 0.15) is 0 Å². The van der Waals surface area contributed by atoms with Crippen LogP contribution in [0.5, 0.6) is 0 Å². The molecule has 1 atom stereocenters. The molecule has 0 radical (unpaired) electrons. The van der Waals surface area contributed by atoms with Crippen molar-refractivity contribution in [2.24, 2.45) is 5.92 Å². The highest BCUT2D eigenvalue weighted by Gasteiger charge is 2.13. The van der Waals surface area contributed by atoms with Crippen LogP contribution < -0.4 is 5.32 Å². The lowest BCUT2D eigenvalue weighted by Crippen LogP contribution is -2.16. The van der Waals surface area contributed by atoms with Gasteiger partial charge in [0.05, 0.1) is 0 Å². The molecule has 0 heterocycles. The molecule has 24 heavy (non-hydrogen) atoms. The molecule has 0 saturated carbocycles. The van der Waals surface area contributed by atoms with Crippen molar-refractivity contribution in [3.05, 3.63) is 82.7 Å². The van der Waals surface area contributed by atoms with E-state index in [-0.39, 0.29) is 0 Å². The monoisotopic (exact) mass is 319 g/mol. The molecule has 0 aromatic carbocycles. The minimum atomic E-state index is 0.503. The highest BCUT2D eigenvalue weighted by molar-refractivity contribution is 5.50. The summed E-state index contributed by atoms with van der Waals surface area (Å²) in [5.41, 5.74) is 7.22. The topological polar surface area (TPSA) is 12.0 Å². The van der Waals surface area contributed by atoms with Crippen molar-refractivity contribution in [3.8, 4) is 0 Å². The van der Waals surface area contributed by atoms with Crippen molar-refractivity contribution in [3.63, 3.8) is 0 Å². The van der Waals surface area contributed by atoms with Crippen molar-refractivity contribution in [1.29, 1.82) is 0 Å². The molecule has 0 aromatic rings. The van der Waals surface area contributed by atoms with Gasteiger partial charge in [0.2, 0.25) is 0 Å². The van der Waals surface area contributed by atoms with E-state index in [2.05, 4.69) is 66.9 Å². The third kappa shape index (κ3) is 4.29. The first-order valence-corrected chi connectivity index (χ1v) is 9.24. The molecule has 0 spiro atoms. The molecule has 3 aliphatic carbocycles. The molecule has 0 amide bonds. The van der Waals surface area contributed by atoms with E-state index in [1.165, 1.54) is 48.1 Å². The Labute approximate surface area is 146 Å². The Morgan fingerprint density at radius 1 is 1.17 bits per heavy atom. The Morgan fingerprint density at radius 3 is 2.83 bits per heavy atom. The van der Waals surface area contributed by atoms with E-state index in [9.17, 15) is 0 Å². The van der Waals surface area contributed by atoms with Crippen LogP contribution in [0.25, 0.3) is 0 Å². The third-order valence-electron chi connectivity index (χ3n) is 5.00. The molecule has 0 saturated heterocycles. The van der Waals surface area contributed by atoms with Gasteiger partial charge in [-0.2, -0.15) is 0 Å². The maximum Gasteiger partial charge on any atom is 0.0203 e. The molecule has 126 valence electrons. The van der Waals surface area contributed by atoms with Crippen LogP contribution in [-0.4, -0.2) is 7.05 Å². The maximum atomic E-state index is 3.34. The number of nitrogens with one attached hydrogen (secondary N) is 1. The largest absolute Gasteiger partial charge is 0.391 e. The Morgan fingerprint density at radius 2 is 2.04 bits per heavy atom. The molecular weight excluding hydrogens is 290 g/mol. The molecular formula is C23H29N. The van der Waals surface area contributed by atoms with E-state index in [1.807, 2.05) is 7.05 Å². The van der Waals surface area contributed by atoms with Crippen molar-refractivity contribution in [1.82, 2.24) is 5.32 Å². The quantitative estimate of drug-likeness (QED) is 0.620. The molecule has 0 aliphatic heterocycles. The lowest BCUT2D eigenvalue weighted by molar-refractivity contribution is 0.690. The zero-order chi connectivity index (χ0) is 16.8. The summed E-state index contributed by atoms with van der Waals surface area (Å²) >= 11 is 0. The van der Waals surface area contributed by atoms with Crippen LogP contribution in [0.3, 0.4) is 0 Å². The van der Waals surface area contributed by atoms with Crippen LogP contribution >= 0.6 is 0 Å². The molecule has 3 rings (SSSR count). The van der Waals surface area contributed by atoms with E-state index in [4.69, 9.17) is 0 Å². The van der Waals surface area contributed by atoms with E-state index >= 15 is 0 Å². The fourth-order valence-corrected chi connectivity index (χ4v) is 3.77. The molecule has 0 bridgehead atoms. The van der Waals surface area contributed by atoms with Gasteiger partial charge < -0.3 is 5.32 Å². The van der Waals surface area contributed by atoms with Gasteiger partial charge in [-0.05, 0) is 62.7 Å². The van der Waals surface area contributed by atoms with Gasteiger partial charge >= 0.3 is 0 Å². The van der Waals surface area contributed by atoms with Crippen LogP contribution in [0.1, 0.15) is 45.4 Å². The normalized spacial score (nSPS) is 24.1. The predicted molar refractivity (Wildman–Crippen MR) is 105 cm³/mol. The van der Waals surface area contributed by atoms with Crippen molar-refractivity contribution in [2.45, 2.75) is 45.4 Å². The minimum Gasteiger partial charge on any atom is -0.391 e. The van der Waals surface area contributed by atoms with Gasteiger partial charge in [-0.1, -0.05) is 59.8 Å². The van der Waals surface area contributed by atoms with Crippen molar-refractivity contribution >= 4 is 0 Å². The average Bonchev–Trinajstić information content (AvgIpc) is 2.63. The minimum absolute atomic E-state index is 0.503. The summed E-state index contributed by atoms with van der Waals surface area (Å²) in [5.74, 6) is 0.503. The summed E-state index contributed by atoms with van der Waals surface area (Å²) in [6.45, 7) is 2.28. The van der Waals surface area contributed by atoms with Gasteiger partial charge in [-0.25, -0.2) is 0 Å². The van der Waals surface area contributed by atoms with E-state index in [0.29, 0.717) is 5.92 Å². The van der Waals surface area contributed by atoms with Crippen LogP contribution in [-0.2, 0) is 0 Å². The smallest absolute Gasteiger partial charge is 0.0203 e. The van der Waals surface area contributed by atoms with E-state index < -0.39 is 0 Å².